The first-order valence-electron chi connectivity index (χ1n) is 11.6. The van der Waals surface area contributed by atoms with Crippen molar-refractivity contribution in [2.24, 2.45) is 4.40 Å². The third-order valence-electron chi connectivity index (χ3n) is 6.73. The van der Waals surface area contributed by atoms with Gasteiger partial charge in [-0.3, -0.25) is 4.79 Å². The molecule has 0 N–H and O–H groups in total. The molecule has 7 nitrogen and oxygen atoms in total. The van der Waals surface area contributed by atoms with Crippen molar-refractivity contribution in [3.05, 3.63) is 40.2 Å². The first-order valence-corrected chi connectivity index (χ1v) is 13.5. The first-order chi connectivity index (χ1) is 15.7. The van der Waals surface area contributed by atoms with Gasteiger partial charge in [-0.1, -0.05) is 11.6 Å². The number of ether oxygens (including phenoxy) is 2. The molecule has 1 saturated carbocycles. The van der Waals surface area contributed by atoms with E-state index in [2.05, 4.69) is 4.40 Å². The number of sulfonamides is 1. The number of hydrogen-bond donors (Lipinski definition) is 0. The summed E-state index contributed by atoms with van der Waals surface area (Å²) in [7, 11) is -3.67. The van der Waals surface area contributed by atoms with Gasteiger partial charge in [-0.25, -0.2) is 8.42 Å². The Labute approximate surface area is 200 Å². The SMILES string of the molecule is Cc1c(Cl)ccc2c1C1CCC(CC1)O/C=C1/C(=N/S(=O)(=O)C(C)C)CCCN1C(=O)CO2. The molecule has 1 amide bonds. The number of amides is 1. The fraction of sp³-hybridized carbons (Fsp3) is 0.583. The van der Waals surface area contributed by atoms with Crippen molar-refractivity contribution in [3.8, 4) is 5.75 Å². The van der Waals surface area contributed by atoms with E-state index in [0.717, 1.165) is 36.8 Å². The Balaban J connectivity index is 1.73. The van der Waals surface area contributed by atoms with Crippen LogP contribution < -0.4 is 4.74 Å². The van der Waals surface area contributed by atoms with Gasteiger partial charge in [0.15, 0.2) is 6.61 Å². The highest BCUT2D eigenvalue weighted by Crippen LogP contribution is 2.42. The van der Waals surface area contributed by atoms with Crippen molar-refractivity contribution in [2.45, 2.75) is 76.6 Å². The van der Waals surface area contributed by atoms with Crippen LogP contribution in [0, 0.1) is 6.92 Å². The Kier molecular flexibility index (Phi) is 7.05. The Bertz CT molecular complexity index is 1090. The average molecular weight is 495 g/mol. The number of carbonyl (C=O) groups is 1. The summed E-state index contributed by atoms with van der Waals surface area (Å²) in [6.07, 6.45) is 6.18. The van der Waals surface area contributed by atoms with Crippen LogP contribution in [0.15, 0.2) is 28.5 Å². The monoisotopic (exact) mass is 494 g/mol. The van der Waals surface area contributed by atoms with Gasteiger partial charge in [0.1, 0.15) is 17.7 Å². The Morgan fingerprint density at radius 1 is 1.18 bits per heavy atom. The van der Waals surface area contributed by atoms with Crippen LogP contribution in [0.3, 0.4) is 0 Å². The predicted molar refractivity (Wildman–Crippen MR) is 128 cm³/mol. The van der Waals surface area contributed by atoms with E-state index in [9.17, 15) is 13.2 Å². The van der Waals surface area contributed by atoms with E-state index in [1.54, 1.807) is 31.1 Å². The summed E-state index contributed by atoms with van der Waals surface area (Å²) >= 11 is 6.42. The molecule has 33 heavy (non-hydrogen) atoms. The lowest BCUT2D eigenvalue weighted by molar-refractivity contribution is -0.131. The third-order valence-corrected chi connectivity index (χ3v) is 8.81. The Morgan fingerprint density at radius 2 is 1.91 bits per heavy atom. The molecule has 0 unspecified atom stereocenters. The third kappa shape index (κ3) is 5.06. The van der Waals surface area contributed by atoms with Crippen LogP contribution in [0.1, 0.15) is 69.4 Å². The smallest absolute Gasteiger partial charge is 0.265 e. The molecule has 180 valence electrons. The van der Waals surface area contributed by atoms with Gasteiger partial charge in [-0.05, 0) is 82.9 Å². The quantitative estimate of drug-likeness (QED) is 0.593. The van der Waals surface area contributed by atoms with Gasteiger partial charge in [0.25, 0.3) is 15.9 Å². The van der Waals surface area contributed by atoms with Crippen molar-refractivity contribution in [2.75, 3.05) is 13.2 Å². The van der Waals surface area contributed by atoms with Crippen molar-refractivity contribution in [1.29, 1.82) is 0 Å². The number of carbonyl (C=O) groups excluding carboxylic acids is 1. The molecule has 2 fully saturated rings. The van der Waals surface area contributed by atoms with Gasteiger partial charge in [-0.15, -0.1) is 0 Å². The lowest BCUT2D eigenvalue weighted by Crippen LogP contribution is -2.41. The maximum absolute atomic E-state index is 13.2. The topological polar surface area (TPSA) is 85.3 Å². The molecular weight excluding hydrogens is 464 g/mol. The lowest BCUT2D eigenvalue weighted by atomic mass is 9.80. The Morgan fingerprint density at radius 3 is 2.61 bits per heavy atom. The Hall–Kier alpha value is -2.06. The van der Waals surface area contributed by atoms with Crippen LogP contribution >= 0.6 is 11.6 Å². The predicted octanol–water partition coefficient (Wildman–Crippen LogP) is 4.73. The highest BCUT2D eigenvalue weighted by Gasteiger charge is 2.32. The molecule has 0 aromatic heterocycles. The average Bonchev–Trinajstić information content (AvgIpc) is 2.80. The van der Waals surface area contributed by atoms with Crippen molar-refractivity contribution >= 4 is 33.2 Å². The second-order valence-electron chi connectivity index (χ2n) is 9.24. The van der Waals surface area contributed by atoms with Crippen molar-refractivity contribution < 1.29 is 22.7 Å². The summed E-state index contributed by atoms with van der Waals surface area (Å²) in [5.74, 6) is 0.718. The minimum atomic E-state index is -3.67. The molecule has 4 aliphatic rings. The van der Waals surface area contributed by atoms with Crippen molar-refractivity contribution in [1.82, 2.24) is 4.90 Å². The molecule has 9 heteroatoms. The maximum Gasteiger partial charge on any atom is 0.265 e. The molecule has 0 radical (unpaired) electrons. The zero-order valence-corrected chi connectivity index (χ0v) is 20.9. The maximum atomic E-state index is 13.2. The zero-order chi connectivity index (χ0) is 23.8. The minimum absolute atomic E-state index is 0.000182. The van der Waals surface area contributed by atoms with E-state index in [-0.39, 0.29) is 24.5 Å². The summed E-state index contributed by atoms with van der Waals surface area (Å²) < 4.78 is 41.3. The molecular formula is C24H31ClN2O5S. The van der Waals surface area contributed by atoms with Crippen LogP contribution in [-0.2, 0) is 19.6 Å². The van der Waals surface area contributed by atoms with Gasteiger partial charge < -0.3 is 14.4 Å². The normalized spacial score (nSPS) is 26.8. The standard InChI is InChI=1S/C24H31ClN2O5S/c1-15(2)33(29,30)26-20-5-4-12-27-21(20)13-31-18-8-6-17(7-9-18)24-16(3)19(25)10-11-22(24)32-14-23(27)28/h10-11,13,15,17-18H,4-9,12,14H2,1-3H3/b21-13-,26-20+. The van der Waals surface area contributed by atoms with Crippen LogP contribution in [0.4, 0.5) is 0 Å². The van der Waals surface area contributed by atoms with E-state index in [1.165, 1.54) is 0 Å². The van der Waals surface area contributed by atoms with E-state index >= 15 is 0 Å². The summed E-state index contributed by atoms with van der Waals surface area (Å²) in [5, 5.41) is 0.0519. The molecule has 2 bridgehead atoms. The zero-order valence-electron chi connectivity index (χ0n) is 19.3. The molecule has 1 aliphatic carbocycles. The number of fused-ring (bicyclic) bond motifs is 5. The van der Waals surface area contributed by atoms with E-state index < -0.39 is 15.3 Å². The summed E-state index contributed by atoms with van der Waals surface area (Å²) in [5.41, 5.74) is 2.86. The van der Waals surface area contributed by atoms with E-state index in [0.29, 0.717) is 41.6 Å². The van der Waals surface area contributed by atoms with E-state index in [4.69, 9.17) is 21.1 Å². The number of piperidine rings is 1. The van der Waals surface area contributed by atoms with Crippen LogP contribution in [-0.4, -0.2) is 49.4 Å². The fourth-order valence-electron chi connectivity index (χ4n) is 4.73. The molecule has 0 spiro atoms. The number of rotatable bonds is 2. The first kappa shape index (κ1) is 24.1. The summed E-state index contributed by atoms with van der Waals surface area (Å²) in [4.78, 5) is 14.8. The molecule has 1 aromatic carbocycles. The molecule has 1 aromatic rings. The molecule has 0 atom stereocenters. The fourth-order valence-corrected chi connectivity index (χ4v) is 5.59. The number of hydrogen-bond acceptors (Lipinski definition) is 5. The van der Waals surface area contributed by atoms with Gasteiger partial charge in [0.2, 0.25) is 0 Å². The summed E-state index contributed by atoms with van der Waals surface area (Å²) in [6, 6.07) is 3.65. The largest absolute Gasteiger partial charge is 0.496 e. The highest BCUT2D eigenvalue weighted by atomic mass is 35.5. The van der Waals surface area contributed by atoms with Gasteiger partial charge in [-0.2, -0.15) is 4.40 Å². The second kappa shape index (κ2) is 9.66. The number of benzene rings is 1. The number of allylic oxidation sites excluding steroid dienone is 1. The van der Waals surface area contributed by atoms with Crippen molar-refractivity contribution in [3.63, 3.8) is 0 Å². The van der Waals surface area contributed by atoms with Crippen LogP contribution in [0.2, 0.25) is 5.02 Å². The van der Waals surface area contributed by atoms with E-state index in [1.807, 2.05) is 13.0 Å². The minimum Gasteiger partial charge on any atom is -0.496 e. The molecule has 1 saturated heterocycles. The number of halogens is 1. The molecule has 3 aliphatic heterocycles. The summed E-state index contributed by atoms with van der Waals surface area (Å²) in [6.45, 7) is 5.48. The molecule has 5 rings (SSSR count). The second-order valence-corrected chi connectivity index (χ2v) is 11.8. The highest BCUT2D eigenvalue weighted by molar-refractivity contribution is 7.90. The van der Waals surface area contributed by atoms with Crippen LogP contribution in [0.5, 0.6) is 5.75 Å². The molecule has 3 heterocycles. The lowest BCUT2D eigenvalue weighted by Gasteiger charge is -2.31. The van der Waals surface area contributed by atoms with Gasteiger partial charge in [0.05, 0.1) is 17.1 Å². The van der Waals surface area contributed by atoms with Gasteiger partial charge in [0, 0.05) is 17.1 Å². The van der Waals surface area contributed by atoms with Crippen LogP contribution in [0.25, 0.3) is 0 Å². The van der Waals surface area contributed by atoms with Gasteiger partial charge >= 0.3 is 0 Å². The number of nitrogens with zero attached hydrogens (tertiary/aromatic N) is 2.